The smallest absolute Gasteiger partial charge is 0.410 e. The van der Waals surface area contributed by atoms with E-state index < -0.39 is 5.60 Å². The molecule has 0 bridgehead atoms. The standard InChI is InChI=1S/C19H30N6O3.HI/c1-13-6-7-15(22-10-13)24-16(26)8-9-21-17(20-5)23-14-11-25(12-14)18(27)28-19(2,3)4;/h6-7,10,14H,8-9,11-12H2,1-5H3,(H2,20,21,23)(H,22,24,26);1H. The molecule has 0 atom stereocenters. The van der Waals surface area contributed by atoms with E-state index in [4.69, 9.17) is 4.74 Å². The SMILES string of the molecule is CN=C(NCCC(=O)Nc1ccc(C)cn1)NC1CN(C(=O)OC(C)(C)C)C1.I. The summed E-state index contributed by atoms with van der Waals surface area (Å²) in [4.78, 5) is 33.8. The molecule has 0 radical (unpaired) electrons. The summed E-state index contributed by atoms with van der Waals surface area (Å²) in [6, 6.07) is 3.77. The van der Waals surface area contributed by atoms with Crippen molar-refractivity contribution in [2.45, 2.75) is 45.8 Å². The van der Waals surface area contributed by atoms with Crippen LogP contribution in [-0.4, -0.2) is 66.2 Å². The van der Waals surface area contributed by atoms with Gasteiger partial charge < -0.3 is 25.6 Å². The molecule has 1 saturated heterocycles. The predicted molar refractivity (Wildman–Crippen MR) is 124 cm³/mol. The van der Waals surface area contributed by atoms with Crippen molar-refractivity contribution in [3.63, 3.8) is 0 Å². The monoisotopic (exact) mass is 518 g/mol. The van der Waals surface area contributed by atoms with Crippen LogP contribution in [0.4, 0.5) is 10.6 Å². The maximum absolute atomic E-state index is 12.0. The molecule has 0 aliphatic carbocycles. The first-order valence-electron chi connectivity index (χ1n) is 9.34. The summed E-state index contributed by atoms with van der Waals surface area (Å²) >= 11 is 0. The van der Waals surface area contributed by atoms with Gasteiger partial charge in [0.15, 0.2) is 5.96 Å². The molecule has 0 saturated carbocycles. The van der Waals surface area contributed by atoms with Crippen molar-refractivity contribution in [1.29, 1.82) is 0 Å². The Bertz CT molecular complexity index is 712. The first kappa shape index (κ1) is 24.9. The predicted octanol–water partition coefficient (Wildman–Crippen LogP) is 2.12. The van der Waals surface area contributed by atoms with Gasteiger partial charge in [0.1, 0.15) is 11.4 Å². The van der Waals surface area contributed by atoms with Gasteiger partial charge in [0.25, 0.3) is 0 Å². The fourth-order valence-corrected chi connectivity index (χ4v) is 2.47. The number of hydrogen-bond donors (Lipinski definition) is 3. The maximum Gasteiger partial charge on any atom is 0.410 e. The van der Waals surface area contributed by atoms with Crippen LogP contribution in [0.25, 0.3) is 0 Å². The third kappa shape index (κ3) is 8.84. The second-order valence-electron chi connectivity index (χ2n) is 7.74. The molecule has 0 aromatic carbocycles. The second kappa shape index (κ2) is 11.2. The number of hydrogen-bond acceptors (Lipinski definition) is 5. The molecule has 1 aromatic heterocycles. The molecule has 2 heterocycles. The van der Waals surface area contributed by atoms with E-state index in [1.54, 1.807) is 24.2 Å². The molecule has 3 N–H and O–H groups in total. The minimum Gasteiger partial charge on any atom is -0.444 e. The molecule has 1 aliphatic heterocycles. The summed E-state index contributed by atoms with van der Waals surface area (Å²) in [5.74, 6) is 1.00. The summed E-state index contributed by atoms with van der Waals surface area (Å²) in [7, 11) is 1.66. The van der Waals surface area contributed by atoms with E-state index in [1.807, 2.05) is 33.8 Å². The number of aromatic nitrogens is 1. The van der Waals surface area contributed by atoms with E-state index in [9.17, 15) is 9.59 Å². The lowest BCUT2D eigenvalue weighted by Crippen LogP contribution is -2.63. The zero-order valence-corrected chi connectivity index (χ0v) is 19.9. The number of likely N-dealkylation sites (tertiary alicyclic amines) is 1. The molecule has 9 nitrogen and oxygen atoms in total. The Kier molecular flexibility index (Phi) is 9.60. The second-order valence-corrected chi connectivity index (χ2v) is 7.74. The van der Waals surface area contributed by atoms with Gasteiger partial charge in [-0.1, -0.05) is 6.07 Å². The average Bonchev–Trinajstić information content (AvgIpc) is 2.56. The summed E-state index contributed by atoms with van der Waals surface area (Å²) in [6.07, 6.45) is 1.68. The minimum absolute atomic E-state index is 0. The molecule has 10 heteroatoms. The van der Waals surface area contributed by atoms with Gasteiger partial charge in [0, 0.05) is 39.3 Å². The molecule has 1 aromatic rings. The van der Waals surface area contributed by atoms with Crippen LogP contribution in [0.5, 0.6) is 0 Å². The van der Waals surface area contributed by atoms with E-state index in [2.05, 4.69) is 25.9 Å². The Labute approximate surface area is 189 Å². The summed E-state index contributed by atoms with van der Waals surface area (Å²) in [5.41, 5.74) is 0.540. The van der Waals surface area contributed by atoms with Gasteiger partial charge in [0.2, 0.25) is 5.91 Å². The number of halogens is 1. The van der Waals surface area contributed by atoms with Crippen molar-refractivity contribution in [3.05, 3.63) is 23.9 Å². The van der Waals surface area contributed by atoms with Crippen molar-refractivity contribution in [2.75, 3.05) is 32.0 Å². The summed E-state index contributed by atoms with van der Waals surface area (Å²) in [5, 5.41) is 9.08. The highest BCUT2D eigenvalue weighted by Crippen LogP contribution is 2.15. The molecule has 162 valence electrons. The Hall–Kier alpha value is -2.11. The highest BCUT2D eigenvalue weighted by Gasteiger charge is 2.34. The van der Waals surface area contributed by atoms with Crippen molar-refractivity contribution in [2.24, 2.45) is 4.99 Å². The molecular weight excluding hydrogens is 487 g/mol. The van der Waals surface area contributed by atoms with Gasteiger partial charge in [-0.15, -0.1) is 24.0 Å². The normalized spacial score (nSPS) is 14.4. The van der Waals surface area contributed by atoms with Gasteiger partial charge >= 0.3 is 6.09 Å². The van der Waals surface area contributed by atoms with Crippen LogP contribution in [-0.2, 0) is 9.53 Å². The third-order valence-corrected chi connectivity index (χ3v) is 3.92. The van der Waals surface area contributed by atoms with E-state index in [0.29, 0.717) is 31.4 Å². The number of pyridine rings is 1. The Morgan fingerprint density at radius 2 is 2.00 bits per heavy atom. The molecular formula is C19H31IN6O3. The van der Waals surface area contributed by atoms with E-state index in [1.165, 1.54) is 0 Å². The number of rotatable bonds is 5. The Morgan fingerprint density at radius 3 is 2.55 bits per heavy atom. The molecule has 2 amide bonds. The van der Waals surface area contributed by atoms with Crippen molar-refractivity contribution in [1.82, 2.24) is 20.5 Å². The van der Waals surface area contributed by atoms with Crippen LogP contribution in [0.2, 0.25) is 0 Å². The minimum atomic E-state index is -0.498. The number of aryl methyl sites for hydroxylation is 1. The number of nitrogens with zero attached hydrogens (tertiary/aromatic N) is 3. The number of nitrogens with one attached hydrogen (secondary N) is 3. The van der Waals surface area contributed by atoms with Gasteiger partial charge in [-0.2, -0.15) is 0 Å². The van der Waals surface area contributed by atoms with Crippen LogP contribution < -0.4 is 16.0 Å². The molecule has 0 spiro atoms. The number of guanidine groups is 1. The zero-order valence-electron chi connectivity index (χ0n) is 17.6. The fourth-order valence-electron chi connectivity index (χ4n) is 2.47. The van der Waals surface area contributed by atoms with E-state index in [0.717, 1.165) is 5.56 Å². The lowest BCUT2D eigenvalue weighted by atomic mass is 10.1. The number of carbonyl (C=O) groups excluding carboxylic acids is 2. The highest BCUT2D eigenvalue weighted by molar-refractivity contribution is 14.0. The number of anilines is 1. The van der Waals surface area contributed by atoms with E-state index >= 15 is 0 Å². The average molecular weight is 518 g/mol. The van der Waals surface area contributed by atoms with Crippen molar-refractivity contribution in [3.8, 4) is 0 Å². The molecule has 0 unspecified atom stereocenters. The van der Waals surface area contributed by atoms with Gasteiger partial charge in [-0.3, -0.25) is 9.79 Å². The van der Waals surface area contributed by atoms with Gasteiger partial charge in [-0.05, 0) is 39.3 Å². The first-order valence-corrected chi connectivity index (χ1v) is 9.34. The van der Waals surface area contributed by atoms with Crippen LogP contribution in [0.1, 0.15) is 32.8 Å². The number of carbonyl (C=O) groups is 2. The van der Waals surface area contributed by atoms with Crippen LogP contribution >= 0.6 is 24.0 Å². The number of ether oxygens (including phenoxy) is 1. The molecule has 29 heavy (non-hydrogen) atoms. The Balaban J connectivity index is 0.00000420. The Morgan fingerprint density at radius 1 is 1.31 bits per heavy atom. The van der Waals surface area contributed by atoms with Crippen LogP contribution in [0, 0.1) is 6.92 Å². The lowest BCUT2D eigenvalue weighted by Gasteiger charge is -2.40. The largest absolute Gasteiger partial charge is 0.444 e. The lowest BCUT2D eigenvalue weighted by molar-refractivity contribution is -0.116. The third-order valence-electron chi connectivity index (χ3n) is 3.92. The molecule has 2 rings (SSSR count). The topological polar surface area (TPSA) is 108 Å². The highest BCUT2D eigenvalue weighted by atomic mass is 127. The summed E-state index contributed by atoms with van der Waals surface area (Å²) < 4.78 is 5.33. The fraction of sp³-hybridized carbons (Fsp3) is 0.579. The van der Waals surface area contributed by atoms with Crippen molar-refractivity contribution < 1.29 is 14.3 Å². The number of aliphatic imine (C=N–C) groups is 1. The molecule has 1 aliphatic rings. The zero-order chi connectivity index (χ0) is 20.7. The summed E-state index contributed by atoms with van der Waals surface area (Å²) in [6.45, 7) is 9.01. The van der Waals surface area contributed by atoms with Crippen molar-refractivity contribution >= 4 is 47.8 Å². The van der Waals surface area contributed by atoms with Gasteiger partial charge in [-0.25, -0.2) is 9.78 Å². The number of amides is 2. The first-order chi connectivity index (χ1) is 13.2. The van der Waals surface area contributed by atoms with Gasteiger partial charge in [0.05, 0.1) is 6.04 Å². The van der Waals surface area contributed by atoms with Crippen LogP contribution in [0.3, 0.4) is 0 Å². The van der Waals surface area contributed by atoms with Crippen LogP contribution in [0.15, 0.2) is 23.3 Å². The molecule has 1 fully saturated rings. The quantitative estimate of drug-likeness (QED) is 0.313. The van der Waals surface area contributed by atoms with E-state index in [-0.39, 0.29) is 48.4 Å². The maximum atomic E-state index is 12.0.